The summed E-state index contributed by atoms with van der Waals surface area (Å²) in [5, 5.41) is 0. The Kier molecular flexibility index (Phi) is 5.32. The molecule has 0 N–H and O–H groups in total. The summed E-state index contributed by atoms with van der Waals surface area (Å²) >= 11 is 0. The second kappa shape index (κ2) is 4.10. The van der Waals surface area contributed by atoms with Gasteiger partial charge in [-0.1, -0.05) is 0 Å². The fourth-order valence-corrected chi connectivity index (χ4v) is 0.657. The second-order valence-corrected chi connectivity index (χ2v) is 4.93. The fourth-order valence-electron chi connectivity index (χ4n) is 0.219. The molecule has 0 aliphatic carbocycles. The molecular formula is C6H11O3SY-. The Bertz CT molecular complexity index is 241. The fraction of sp³-hybridized carbons (Fsp3) is 0.667. The van der Waals surface area contributed by atoms with Gasteiger partial charge in [0.15, 0.2) is 0 Å². The van der Waals surface area contributed by atoms with Gasteiger partial charge in [-0.25, -0.2) is 6.26 Å². The van der Waals surface area contributed by atoms with Gasteiger partial charge in [0.05, 0.1) is 4.75 Å². The van der Waals surface area contributed by atoms with Crippen molar-refractivity contribution in [2.75, 3.05) is 0 Å². The molecule has 0 heterocycles. The Morgan fingerprint density at radius 1 is 1.36 bits per heavy atom. The molecule has 11 heavy (non-hydrogen) atoms. The van der Waals surface area contributed by atoms with Crippen LogP contribution in [-0.2, 0) is 47.3 Å². The molecule has 0 unspecified atom stereocenters. The van der Waals surface area contributed by atoms with Crippen LogP contribution in [0.5, 0.6) is 0 Å². The van der Waals surface area contributed by atoms with Crippen LogP contribution in [0.15, 0.2) is 0 Å². The van der Waals surface area contributed by atoms with Crippen molar-refractivity contribution in [2.45, 2.75) is 25.5 Å². The van der Waals surface area contributed by atoms with Crippen molar-refractivity contribution in [1.29, 1.82) is 0 Å². The maximum absolute atomic E-state index is 10.8. The first-order valence-electron chi connectivity index (χ1n) is 2.78. The Morgan fingerprint density at radius 3 is 1.64 bits per heavy atom. The zero-order valence-corrected chi connectivity index (χ0v) is 10.6. The van der Waals surface area contributed by atoms with Crippen molar-refractivity contribution in [3.63, 3.8) is 0 Å². The van der Waals surface area contributed by atoms with Crippen molar-refractivity contribution < 1.29 is 45.9 Å². The molecule has 0 saturated heterocycles. The second-order valence-electron chi connectivity index (χ2n) is 2.68. The first-order valence-corrected chi connectivity index (χ1v) is 4.43. The maximum atomic E-state index is 10.8. The summed E-state index contributed by atoms with van der Waals surface area (Å²) in [4.78, 5) is 10.7. The summed E-state index contributed by atoms with van der Waals surface area (Å²) in [7, 11) is -3.50. The third-order valence-electron chi connectivity index (χ3n) is 1.63. The first kappa shape index (κ1) is 14.3. The molecule has 0 aromatic rings. The van der Waals surface area contributed by atoms with Crippen molar-refractivity contribution in [1.82, 2.24) is 0 Å². The van der Waals surface area contributed by atoms with E-state index in [0.29, 0.717) is 0 Å². The molecule has 0 aromatic heterocycles. The zero-order chi connectivity index (χ0) is 8.58. The van der Waals surface area contributed by atoms with Gasteiger partial charge >= 0.3 is 0 Å². The average molecular weight is 252 g/mol. The molecule has 0 aliphatic heterocycles. The van der Waals surface area contributed by atoms with Crippen LogP contribution < -0.4 is 0 Å². The van der Waals surface area contributed by atoms with Gasteiger partial charge in [0, 0.05) is 42.5 Å². The predicted octanol–water partition coefficient (Wildman–Crippen LogP) is 0.558. The summed E-state index contributed by atoms with van der Waals surface area (Å²) in [6, 6.07) is 0. The molecule has 0 saturated carbocycles. The van der Waals surface area contributed by atoms with Gasteiger partial charge in [-0.2, -0.15) is 0 Å². The van der Waals surface area contributed by atoms with Gasteiger partial charge < -0.3 is 0 Å². The molecule has 1 radical (unpaired) electrons. The van der Waals surface area contributed by atoms with Gasteiger partial charge in [0.2, 0.25) is 0 Å². The van der Waals surface area contributed by atoms with E-state index in [-0.39, 0.29) is 38.5 Å². The predicted molar refractivity (Wildman–Crippen MR) is 39.0 cm³/mol. The van der Waals surface area contributed by atoms with E-state index in [1.807, 2.05) is 0 Å². The van der Waals surface area contributed by atoms with Gasteiger partial charge in [0.25, 0.3) is 0 Å². The Balaban J connectivity index is 0. The van der Waals surface area contributed by atoms with E-state index in [2.05, 4.69) is 6.26 Å². The van der Waals surface area contributed by atoms with Crippen molar-refractivity contribution in [2.24, 2.45) is 0 Å². The molecule has 0 atom stereocenters. The Labute approximate surface area is 92.7 Å². The monoisotopic (exact) mass is 252 g/mol. The van der Waals surface area contributed by atoms with Crippen LogP contribution in [0.1, 0.15) is 20.8 Å². The van der Waals surface area contributed by atoms with Crippen molar-refractivity contribution >= 4 is 15.6 Å². The zero-order valence-electron chi connectivity index (χ0n) is 6.92. The average Bonchev–Trinajstić information content (AvgIpc) is 1.62. The molecular weight excluding hydrogens is 241 g/mol. The summed E-state index contributed by atoms with van der Waals surface area (Å²) in [5.41, 5.74) is 0. The van der Waals surface area contributed by atoms with Gasteiger partial charge in [-0.05, 0) is 20.8 Å². The SMILES string of the molecule is [CH2-]S(=O)(=O)C(C)(C)C(C)=O.[Y]. The van der Waals surface area contributed by atoms with Gasteiger partial charge in [0.1, 0.15) is 5.78 Å². The molecule has 0 spiro atoms. The summed E-state index contributed by atoms with van der Waals surface area (Å²) in [6.45, 7) is 3.93. The molecule has 0 aromatic carbocycles. The first-order chi connectivity index (χ1) is 4.19. The van der Waals surface area contributed by atoms with E-state index >= 15 is 0 Å². The maximum Gasteiger partial charge on any atom is 0.147 e. The van der Waals surface area contributed by atoms with Crippen LogP contribution in [0.2, 0.25) is 0 Å². The van der Waals surface area contributed by atoms with Crippen LogP contribution in [-0.4, -0.2) is 18.9 Å². The van der Waals surface area contributed by atoms with E-state index in [0.717, 1.165) is 0 Å². The Hall–Kier alpha value is 0.724. The van der Waals surface area contributed by atoms with E-state index in [9.17, 15) is 13.2 Å². The largest absolute Gasteiger partial charge is 0.298 e. The van der Waals surface area contributed by atoms with E-state index in [1.54, 1.807) is 0 Å². The van der Waals surface area contributed by atoms with Crippen molar-refractivity contribution in [3.05, 3.63) is 6.26 Å². The number of hydrogen-bond acceptors (Lipinski definition) is 3. The Morgan fingerprint density at radius 2 is 1.64 bits per heavy atom. The topological polar surface area (TPSA) is 51.2 Å². The molecule has 0 fully saturated rings. The van der Waals surface area contributed by atoms with Gasteiger partial charge in [-0.3, -0.25) is 13.2 Å². The molecule has 63 valence electrons. The number of hydrogen-bond donors (Lipinski definition) is 0. The van der Waals surface area contributed by atoms with Crippen LogP contribution >= 0.6 is 0 Å². The summed E-state index contributed by atoms with van der Waals surface area (Å²) in [6.07, 6.45) is 2.91. The number of Topliss-reactive ketones (excluding diaryl/α,β-unsaturated/α-hetero) is 1. The minimum absolute atomic E-state index is 0. The van der Waals surface area contributed by atoms with Crippen molar-refractivity contribution in [3.8, 4) is 0 Å². The van der Waals surface area contributed by atoms with Crippen LogP contribution in [0.3, 0.4) is 0 Å². The molecule has 0 amide bonds. The number of carbonyl (C=O) groups excluding carboxylic acids is 1. The third-order valence-corrected chi connectivity index (χ3v) is 3.47. The standard InChI is InChI=1S/C6H11O3S.Y/c1-5(7)6(2,3)10(4,8)9;/h4H2,1-3H3;/q-1;. The molecule has 3 nitrogen and oxygen atoms in total. The van der Waals surface area contributed by atoms with E-state index in [4.69, 9.17) is 0 Å². The number of rotatable bonds is 2. The third kappa shape index (κ3) is 3.30. The number of sulfone groups is 1. The molecule has 0 aliphatic rings. The molecule has 5 heteroatoms. The molecule has 0 bridgehead atoms. The quantitative estimate of drug-likeness (QED) is 0.675. The normalized spacial score (nSPS) is 12.0. The smallest absolute Gasteiger partial charge is 0.147 e. The van der Waals surface area contributed by atoms with E-state index < -0.39 is 14.6 Å². The summed E-state index contributed by atoms with van der Waals surface area (Å²) < 4.78 is 20.2. The minimum atomic E-state index is -3.50. The number of carbonyl (C=O) groups is 1. The van der Waals surface area contributed by atoms with Crippen LogP contribution in [0.25, 0.3) is 0 Å². The summed E-state index contributed by atoms with van der Waals surface area (Å²) in [5.74, 6) is -0.387. The van der Waals surface area contributed by atoms with Gasteiger partial charge in [-0.15, -0.1) is 0 Å². The van der Waals surface area contributed by atoms with Crippen LogP contribution in [0.4, 0.5) is 0 Å². The van der Waals surface area contributed by atoms with Crippen LogP contribution in [0, 0.1) is 6.26 Å². The number of ketones is 1. The molecule has 0 rings (SSSR count). The minimum Gasteiger partial charge on any atom is -0.298 e. The van der Waals surface area contributed by atoms with E-state index in [1.165, 1.54) is 20.8 Å².